The van der Waals surface area contributed by atoms with Gasteiger partial charge in [-0.15, -0.1) is 0 Å². The van der Waals surface area contributed by atoms with Gasteiger partial charge >= 0.3 is 7.12 Å². The second kappa shape index (κ2) is 10.4. The van der Waals surface area contributed by atoms with Crippen LogP contribution in [0.1, 0.15) is 13.8 Å². The summed E-state index contributed by atoms with van der Waals surface area (Å²) in [4.78, 5) is 21.3. The lowest BCUT2D eigenvalue weighted by atomic mass is 9.80. The van der Waals surface area contributed by atoms with Crippen molar-refractivity contribution in [2.75, 3.05) is 5.32 Å². The van der Waals surface area contributed by atoms with Crippen LogP contribution in [0.2, 0.25) is 0 Å². The molecule has 0 spiro atoms. The number of benzene rings is 1. The number of carbonyl (C=O) groups is 2. The van der Waals surface area contributed by atoms with Crippen molar-refractivity contribution in [2.45, 2.75) is 19.9 Å². The van der Waals surface area contributed by atoms with E-state index in [1.54, 1.807) is 18.2 Å². The van der Waals surface area contributed by atoms with E-state index in [1.165, 1.54) is 12.1 Å². The van der Waals surface area contributed by atoms with Crippen molar-refractivity contribution in [2.24, 2.45) is 0 Å². The normalized spacial score (nSPS) is 9.14. The largest absolute Gasteiger partial charge is 0.488 e. The molecule has 0 saturated carbocycles. The predicted molar refractivity (Wildman–Crippen MR) is 88.6 cm³/mol. The fourth-order valence-corrected chi connectivity index (χ4v) is 1.31. The van der Waals surface area contributed by atoms with Crippen LogP contribution >= 0.6 is 0 Å². The zero-order chi connectivity index (χ0) is 17.1. The maximum absolute atomic E-state index is 10.9. The van der Waals surface area contributed by atoms with E-state index in [0.29, 0.717) is 11.2 Å². The highest BCUT2D eigenvalue weighted by Crippen LogP contribution is 2.03. The minimum absolute atomic E-state index is 0.111. The number of carbonyl (C=O) groups excluding carboxylic acids is 2. The van der Waals surface area contributed by atoms with Crippen LogP contribution in [0.25, 0.3) is 0 Å². The van der Waals surface area contributed by atoms with Gasteiger partial charge in [0.05, 0.1) is 0 Å². The summed E-state index contributed by atoms with van der Waals surface area (Å²) in [7, 11) is -1.53. The average molecular weight is 304 g/mol. The molecule has 0 saturated heterocycles. The van der Waals surface area contributed by atoms with E-state index in [-0.39, 0.29) is 17.9 Å². The Morgan fingerprint density at radius 3 is 2.18 bits per heavy atom. The number of nitrogens with one attached hydrogen (secondary N) is 2. The Hall–Kier alpha value is -2.38. The molecule has 0 atom stereocenters. The molecule has 22 heavy (non-hydrogen) atoms. The first kappa shape index (κ1) is 19.6. The fraction of sp³-hybridized carbons (Fsp3) is 0.200. The minimum Gasteiger partial charge on any atom is -0.423 e. The summed E-state index contributed by atoms with van der Waals surface area (Å²) in [5.74, 6) is -0.449. The third-order valence-electron chi connectivity index (χ3n) is 2.25. The van der Waals surface area contributed by atoms with E-state index in [4.69, 9.17) is 10.0 Å². The predicted octanol–water partition coefficient (Wildman–Crippen LogP) is 0.188. The van der Waals surface area contributed by atoms with Gasteiger partial charge in [-0.25, -0.2) is 0 Å². The minimum atomic E-state index is -1.53. The van der Waals surface area contributed by atoms with Gasteiger partial charge in [0.1, 0.15) is 0 Å². The highest BCUT2D eigenvalue weighted by atomic mass is 16.4. The van der Waals surface area contributed by atoms with Crippen LogP contribution in [0.15, 0.2) is 49.6 Å². The van der Waals surface area contributed by atoms with Crippen molar-refractivity contribution < 1.29 is 19.6 Å². The summed E-state index contributed by atoms with van der Waals surface area (Å²) in [5.41, 5.74) is 0.826. The summed E-state index contributed by atoms with van der Waals surface area (Å²) in [6, 6.07) is 6.50. The van der Waals surface area contributed by atoms with Crippen LogP contribution in [-0.2, 0) is 9.59 Å². The molecule has 0 bridgehead atoms. The van der Waals surface area contributed by atoms with E-state index < -0.39 is 7.12 Å². The van der Waals surface area contributed by atoms with Gasteiger partial charge < -0.3 is 20.7 Å². The molecule has 0 aliphatic heterocycles. The molecule has 6 nitrogen and oxygen atoms in total. The van der Waals surface area contributed by atoms with Crippen molar-refractivity contribution in [1.29, 1.82) is 0 Å². The fourth-order valence-electron chi connectivity index (χ4n) is 1.31. The van der Waals surface area contributed by atoms with Gasteiger partial charge in [0, 0.05) is 11.7 Å². The molecule has 0 radical (unpaired) electrons. The average Bonchev–Trinajstić information content (AvgIpc) is 2.47. The lowest BCUT2D eigenvalue weighted by Crippen LogP contribution is -2.29. The summed E-state index contributed by atoms with van der Waals surface area (Å²) < 4.78 is 0. The SMILES string of the molecule is C=CC(=O)NC(C)C.C=CC(=O)Nc1cccc(B(O)O)c1. The molecule has 0 aliphatic rings. The first-order valence-corrected chi connectivity index (χ1v) is 6.62. The number of rotatable bonds is 5. The third kappa shape index (κ3) is 8.73. The summed E-state index contributed by atoms with van der Waals surface area (Å²) in [6.07, 6.45) is 2.40. The molecular formula is C15H21BN2O4. The maximum atomic E-state index is 10.9. The molecule has 1 aromatic carbocycles. The molecule has 1 aromatic rings. The summed E-state index contributed by atoms with van der Waals surface area (Å²) in [5, 5.41) is 22.9. The van der Waals surface area contributed by atoms with Crippen LogP contribution in [0, 0.1) is 0 Å². The van der Waals surface area contributed by atoms with Crippen molar-refractivity contribution >= 4 is 30.1 Å². The third-order valence-corrected chi connectivity index (χ3v) is 2.25. The van der Waals surface area contributed by atoms with Crippen molar-refractivity contribution in [1.82, 2.24) is 5.32 Å². The second-order valence-electron chi connectivity index (χ2n) is 4.56. The molecule has 118 valence electrons. The van der Waals surface area contributed by atoms with Gasteiger partial charge in [0.15, 0.2) is 0 Å². The first-order valence-electron chi connectivity index (χ1n) is 6.62. The Labute approximate surface area is 130 Å². The number of hydrogen-bond donors (Lipinski definition) is 4. The van der Waals surface area contributed by atoms with Gasteiger partial charge in [0.25, 0.3) is 0 Å². The molecular weight excluding hydrogens is 283 g/mol. The topological polar surface area (TPSA) is 98.7 Å². The number of anilines is 1. The molecule has 2 amide bonds. The quantitative estimate of drug-likeness (QED) is 0.461. The lowest BCUT2D eigenvalue weighted by Gasteiger charge is -2.04. The van der Waals surface area contributed by atoms with Gasteiger partial charge in [-0.1, -0.05) is 25.3 Å². The first-order chi connectivity index (χ1) is 10.3. The molecule has 4 N–H and O–H groups in total. The van der Waals surface area contributed by atoms with Crippen molar-refractivity contribution in [3.05, 3.63) is 49.6 Å². The highest BCUT2D eigenvalue weighted by molar-refractivity contribution is 6.58. The van der Waals surface area contributed by atoms with E-state index >= 15 is 0 Å². The number of amides is 2. The van der Waals surface area contributed by atoms with Gasteiger partial charge in [-0.05, 0) is 43.6 Å². The van der Waals surface area contributed by atoms with Crippen LogP contribution in [-0.4, -0.2) is 35.0 Å². The van der Waals surface area contributed by atoms with E-state index in [9.17, 15) is 9.59 Å². The standard InChI is InChI=1S/C9H10BNO3.C6H11NO/c1-2-9(12)11-8-5-3-4-7(6-8)10(13)14;1-4-6(8)7-5(2)3/h2-6,13-14H,1H2,(H,11,12);4-5H,1H2,2-3H3,(H,7,8). The molecule has 0 aliphatic carbocycles. The summed E-state index contributed by atoms with van der Waals surface area (Å²) >= 11 is 0. The molecule has 0 fully saturated rings. The Morgan fingerprint density at radius 2 is 1.77 bits per heavy atom. The van der Waals surface area contributed by atoms with Crippen molar-refractivity contribution in [3.63, 3.8) is 0 Å². The van der Waals surface area contributed by atoms with E-state index in [2.05, 4.69) is 23.8 Å². The molecule has 1 rings (SSSR count). The smallest absolute Gasteiger partial charge is 0.423 e. The highest BCUT2D eigenvalue weighted by Gasteiger charge is 2.10. The van der Waals surface area contributed by atoms with E-state index in [0.717, 1.165) is 6.08 Å². The van der Waals surface area contributed by atoms with Crippen LogP contribution < -0.4 is 16.1 Å². The monoisotopic (exact) mass is 304 g/mol. The molecule has 0 heterocycles. The molecule has 0 aromatic heterocycles. The van der Waals surface area contributed by atoms with Gasteiger partial charge in [0.2, 0.25) is 11.8 Å². The molecule has 0 unspecified atom stereocenters. The molecule has 7 heteroatoms. The van der Waals surface area contributed by atoms with Crippen LogP contribution in [0.5, 0.6) is 0 Å². The lowest BCUT2D eigenvalue weighted by molar-refractivity contribution is -0.117. The second-order valence-corrected chi connectivity index (χ2v) is 4.56. The zero-order valence-corrected chi connectivity index (χ0v) is 12.7. The van der Waals surface area contributed by atoms with Gasteiger partial charge in [-0.2, -0.15) is 0 Å². The van der Waals surface area contributed by atoms with E-state index in [1.807, 2.05) is 13.8 Å². The Kier molecular flexibility index (Phi) is 9.25. The zero-order valence-electron chi connectivity index (χ0n) is 12.7. The van der Waals surface area contributed by atoms with Crippen LogP contribution in [0.3, 0.4) is 0 Å². The Balaban J connectivity index is 0.000000472. The van der Waals surface area contributed by atoms with Crippen molar-refractivity contribution in [3.8, 4) is 0 Å². The Bertz CT molecular complexity index is 530. The van der Waals surface area contributed by atoms with Gasteiger partial charge in [-0.3, -0.25) is 9.59 Å². The van der Waals surface area contributed by atoms with Crippen LogP contribution in [0.4, 0.5) is 5.69 Å². The Morgan fingerprint density at radius 1 is 1.18 bits per heavy atom. The maximum Gasteiger partial charge on any atom is 0.488 e. The summed E-state index contributed by atoms with van der Waals surface area (Å²) in [6.45, 7) is 10.4. The number of hydrogen-bond acceptors (Lipinski definition) is 4.